The highest BCUT2D eigenvalue weighted by Gasteiger charge is 2.27. The lowest BCUT2D eigenvalue weighted by Gasteiger charge is -2.21. The molecule has 2 aromatic rings. The van der Waals surface area contributed by atoms with Crippen molar-refractivity contribution < 1.29 is 9.31 Å². The monoisotopic (exact) mass is 365 g/mol. The van der Waals surface area contributed by atoms with Crippen molar-refractivity contribution in [3.05, 3.63) is 45.5 Å². The van der Waals surface area contributed by atoms with E-state index in [-0.39, 0.29) is 16.5 Å². The van der Waals surface area contributed by atoms with Crippen LogP contribution in [-0.2, 0) is 0 Å². The first-order chi connectivity index (χ1) is 12.1. The van der Waals surface area contributed by atoms with Gasteiger partial charge in [-0.3, -0.25) is 10.1 Å². The van der Waals surface area contributed by atoms with Gasteiger partial charge in [-0.25, -0.2) is 14.4 Å². The average Bonchev–Trinajstić information content (AvgIpc) is 2.87. The van der Waals surface area contributed by atoms with Gasteiger partial charge in [0.2, 0.25) is 11.6 Å². The Labute approximate surface area is 149 Å². The third-order valence-electron chi connectivity index (χ3n) is 4.07. The van der Waals surface area contributed by atoms with E-state index in [1.54, 1.807) is 0 Å². The normalized spacial score (nSPS) is 14.9. The predicted molar refractivity (Wildman–Crippen MR) is 94.1 cm³/mol. The first kappa shape index (κ1) is 17.3. The summed E-state index contributed by atoms with van der Waals surface area (Å²) in [6, 6.07) is 3.99. The summed E-state index contributed by atoms with van der Waals surface area (Å²) in [5.41, 5.74) is 0.222. The molecule has 0 spiro atoms. The summed E-state index contributed by atoms with van der Waals surface area (Å²) in [5.74, 6) is -0.200. The van der Waals surface area contributed by atoms with Crippen LogP contribution < -0.4 is 10.2 Å². The molecule has 0 unspecified atom stereocenters. The number of hydrogen-bond donors (Lipinski definition) is 1. The SMILES string of the molecule is O=[N+]([O-])c1c(Nc2ccc(F)c(Cl)c2)ncnc1N1CCCCCC1. The van der Waals surface area contributed by atoms with E-state index in [1.807, 2.05) is 4.90 Å². The Morgan fingerprint density at radius 1 is 1.20 bits per heavy atom. The standard InChI is InChI=1S/C16H17ClFN5O2/c17-12-9-11(5-6-13(12)18)21-15-14(23(24)25)16(20-10-19-15)22-7-3-1-2-4-8-22/h5-6,9-10H,1-4,7-8H2,(H,19,20,21). The topological polar surface area (TPSA) is 84.2 Å². The van der Waals surface area contributed by atoms with Crippen LogP contribution in [0.25, 0.3) is 0 Å². The van der Waals surface area contributed by atoms with Crippen LogP contribution in [0.15, 0.2) is 24.5 Å². The van der Waals surface area contributed by atoms with Crippen molar-refractivity contribution in [2.45, 2.75) is 25.7 Å². The smallest absolute Gasteiger partial charge is 0.351 e. The van der Waals surface area contributed by atoms with Gasteiger partial charge >= 0.3 is 5.69 Å². The molecule has 2 heterocycles. The van der Waals surface area contributed by atoms with E-state index in [4.69, 9.17) is 11.6 Å². The van der Waals surface area contributed by atoms with Crippen molar-refractivity contribution in [3.8, 4) is 0 Å². The number of nitrogens with zero attached hydrogens (tertiary/aromatic N) is 4. The quantitative estimate of drug-likeness (QED) is 0.642. The molecule has 1 fully saturated rings. The van der Waals surface area contributed by atoms with Crippen LogP contribution in [0.1, 0.15) is 25.7 Å². The molecule has 0 radical (unpaired) electrons. The average molecular weight is 366 g/mol. The molecule has 1 aliphatic rings. The minimum Gasteiger partial charge on any atom is -0.351 e. The van der Waals surface area contributed by atoms with Crippen molar-refractivity contribution in [1.29, 1.82) is 0 Å². The summed E-state index contributed by atoms with van der Waals surface area (Å²) in [4.78, 5) is 21.2. The summed E-state index contributed by atoms with van der Waals surface area (Å²) in [6.07, 6.45) is 5.44. The summed E-state index contributed by atoms with van der Waals surface area (Å²) >= 11 is 5.76. The van der Waals surface area contributed by atoms with Crippen molar-refractivity contribution in [2.75, 3.05) is 23.3 Å². The molecule has 0 aliphatic carbocycles. The molecule has 1 saturated heterocycles. The maximum absolute atomic E-state index is 13.3. The molecule has 1 aromatic carbocycles. The first-order valence-corrected chi connectivity index (χ1v) is 8.40. The van der Waals surface area contributed by atoms with Gasteiger partial charge in [0.25, 0.3) is 0 Å². The number of nitrogens with one attached hydrogen (secondary N) is 1. The number of rotatable bonds is 4. The molecule has 1 aromatic heterocycles. The summed E-state index contributed by atoms with van der Waals surface area (Å²) in [5, 5.41) is 14.4. The maximum Gasteiger partial charge on any atom is 0.353 e. The van der Waals surface area contributed by atoms with E-state index in [9.17, 15) is 14.5 Å². The second-order valence-corrected chi connectivity index (χ2v) is 6.21. The molecule has 132 valence electrons. The summed E-state index contributed by atoms with van der Waals surface area (Å²) in [7, 11) is 0. The van der Waals surface area contributed by atoms with Gasteiger partial charge in [-0.05, 0) is 31.0 Å². The maximum atomic E-state index is 13.3. The Kier molecular flexibility index (Phi) is 5.28. The first-order valence-electron chi connectivity index (χ1n) is 8.02. The fourth-order valence-electron chi connectivity index (χ4n) is 2.85. The van der Waals surface area contributed by atoms with E-state index < -0.39 is 10.7 Å². The molecule has 3 rings (SSSR count). The Bertz CT molecular complexity index is 781. The second kappa shape index (κ2) is 7.60. The largest absolute Gasteiger partial charge is 0.353 e. The van der Waals surface area contributed by atoms with Crippen molar-refractivity contribution in [1.82, 2.24) is 9.97 Å². The van der Waals surface area contributed by atoms with Crippen molar-refractivity contribution in [2.24, 2.45) is 0 Å². The van der Waals surface area contributed by atoms with Gasteiger partial charge in [0.05, 0.1) is 9.95 Å². The van der Waals surface area contributed by atoms with Crippen LogP contribution in [-0.4, -0.2) is 28.0 Å². The fourth-order valence-corrected chi connectivity index (χ4v) is 3.03. The van der Waals surface area contributed by atoms with Crippen LogP contribution in [0.4, 0.5) is 27.4 Å². The number of anilines is 3. The number of aromatic nitrogens is 2. The molecular weight excluding hydrogens is 349 g/mol. The Balaban J connectivity index is 1.97. The molecule has 9 heteroatoms. The van der Waals surface area contributed by atoms with Crippen LogP contribution in [0.5, 0.6) is 0 Å². The number of halogens is 2. The minimum atomic E-state index is -0.561. The van der Waals surface area contributed by atoms with E-state index in [0.717, 1.165) is 38.8 Å². The molecule has 0 amide bonds. The molecule has 25 heavy (non-hydrogen) atoms. The van der Waals surface area contributed by atoms with E-state index in [2.05, 4.69) is 15.3 Å². The zero-order valence-electron chi connectivity index (χ0n) is 13.4. The highest BCUT2D eigenvalue weighted by molar-refractivity contribution is 6.31. The lowest BCUT2D eigenvalue weighted by atomic mass is 10.2. The number of benzene rings is 1. The van der Waals surface area contributed by atoms with Crippen molar-refractivity contribution >= 4 is 34.6 Å². The third kappa shape index (κ3) is 3.96. The molecule has 0 bridgehead atoms. The van der Waals surface area contributed by atoms with Crippen molar-refractivity contribution in [3.63, 3.8) is 0 Å². The number of hydrogen-bond acceptors (Lipinski definition) is 6. The lowest BCUT2D eigenvalue weighted by molar-refractivity contribution is -0.383. The summed E-state index contributed by atoms with van der Waals surface area (Å²) in [6.45, 7) is 1.44. The van der Waals surface area contributed by atoms with E-state index in [0.29, 0.717) is 11.5 Å². The highest BCUT2D eigenvalue weighted by atomic mass is 35.5. The van der Waals surface area contributed by atoms with Crippen LogP contribution in [0.3, 0.4) is 0 Å². The van der Waals surface area contributed by atoms with Crippen LogP contribution >= 0.6 is 11.6 Å². The Morgan fingerprint density at radius 2 is 1.92 bits per heavy atom. The zero-order valence-corrected chi connectivity index (χ0v) is 14.2. The highest BCUT2D eigenvalue weighted by Crippen LogP contribution is 2.35. The Hall–Kier alpha value is -2.48. The zero-order chi connectivity index (χ0) is 17.8. The van der Waals surface area contributed by atoms with Gasteiger partial charge in [0.15, 0.2) is 0 Å². The fraction of sp³-hybridized carbons (Fsp3) is 0.375. The molecule has 7 nitrogen and oxygen atoms in total. The third-order valence-corrected chi connectivity index (χ3v) is 4.36. The predicted octanol–water partition coefficient (Wildman–Crippen LogP) is 4.30. The lowest BCUT2D eigenvalue weighted by Crippen LogP contribution is -2.26. The summed E-state index contributed by atoms with van der Waals surface area (Å²) < 4.78 is 13.3. The van der Waals surface area contributed by atoms with Crippen LogP contribution in [0.2, 0.25) is 5.02 Å². The number of nitro groups is 1. The van der Waals surface area contributed by atoms with Gasteiger partial charge < -0.3 is 10.2 Å². The van der Waals surface area contributed by atoms with E-state index in [1.165, 1.54) is 24.5 Å². The van der Waals surface area contributed by atoms with Gasteiger partial charge in [-0.1, -0.05) is 24.4 Å². The minimum absolute atomic E-state index is 0.0573. The molecule has 1 aliphatic heterocycles. The molecular formula is C16H17ClFN5O2. The van der Waals surface area contributed by atoms with Crippen LogP contribution in [0, 0.1) is 15.9 Å². The molecule has 0 atom stereocenters. The van der Waals surface area contributed by atoms with Gasteiger partial charge in [-0.15, -0.1) is 0 Å². The van der Waals surface area contributed by atoms with E-state index >= 15 is 0 Å². The van der Waals surface area contributed by atoms with Gasteiger partial charge in [-0.2, -0.15) is 0 Å². The van der Waals surface area contributed by atoms with Gasteiger partial charge in [0.1, 0.15) is 12.1 Å². The molecule has 0 saturated carbocycles. The Morgan fingerprint density at radius 3 is 2.56 bits per heavy atom. The second-order valence-electron chi connectivity index (χ2n) is 5.81. The van der Waals surface area contributed by atoms with Gasteiger partial charge in [0, 0.05) is 18.8 Å². The molecule has 1 N–H and O–H groups in total.